The zero-order valence-electron chi connectivity index (χ0n) is 8.56. The first kappa shape index (κ1) is 11.2. The third-order valence-corrected chi connectivity index (χ3v) is 4.06. The molecule has 1 aromatic carbocycles. The van der Waals surface area contributed by atoms with Gasteiger partial charge in [0.05, 0.1) is 12.7 Å². The van der Waals surface area contributed by atoms with Crippen molar-refractivity contribution in [2.45, 2.75) is 29.8 Å². The molecule has 0 amide bonds. The van der Waals surface area contributed by atoms with Gasteiger partial charge in [0.25, 0.3) is 0 Å². The van der Waals surface area contributed by atoms with E-state index in [2.05, 4.69) is 11.7 Å². The molecular formula is C11H14O2S2. The highest BCUT2D eigenvalue weighted by molar-refractivity contribution is 8.68. The van der Waals surface area contributed by atoms with E-state index in [0.29, 0.717) is 0 Å². The summed E-state index contributed by atoms with van der Waals surface area (Å²) in [4.78, 5) is 1.03. The summed E-state index contributed by atoms with van der Waals surface area (Å²) < 4.78 is 5.30. The molecular weight excluding hydrogens is 228 g/mol. The van der Waals surface area contributed by atoms with Crippen molar-refractivity contribution in [3.63, 3.8) is 0 Å². The predicted molar refractivity (Wildman–Crippen MR) is 65.6 cm³/mol. The fraction of sp³-hybridized carbons (Fsp3) is 0.455. The van der Waals surface area contributed by atoms with Crippen LogP contribution < -0.4 is 4.74 Å². The highest BCUT2D eigenvalue weighted by atomic mass is 33.1. The lowest BCUT2D eigenvalue weighted by Gasteiger charge is -2.37. The lowest BCUT2D eigenvalue weighted by Crippen LogP contribution is -2.33. The molecule has 0 saturated heterocycles. The summed E-state index contributed by atoms with van der Waals surface area (Å²) in [6.45, 7) is 0. The minimum Gasteiger partial charge on any atom is -0.496 e. The van der Waals surface area contributed by atoms with Crippen molar-refractivity contribution in [3.05, 3.63) is 23.8 Å². The summed E-state index contributed by atoms with van der Waals surface area (Å²) in [5.41, 5.74) is 0.243. The normalized spacial score (nSPS) is 18.3. The van der Waals surface area contributed by atoms with Gasteiger partial charge in [0.1, 0.15) is 5.75 Å². The second kappa shape index (κ2) is 4.28. The quantitative estimate of drug-likeness (QED) is 0.631. The Bertz CT molecular complexity index is 362. The van der Waals surface area contributed by atoms with Crippen LogP contribution >= 0.6 is 22.5 Å². The standard InChI is InChI=1S/C11H14O2S2/c1-13-10-7-8(15-14)3-4-9(10)11(12)5-2-6-11/h3-4,7,12,14H,2,5-6H2,1H3. The zero-order chi connectivity index (χ0) is 10.9. The van der Waals surface area contributed by atoms with Crippen LogP contribution in [-0.4, -0.2) is 12.2 Å². The molecule has 15 heavy (non-hydrogen) atoms. The molecule has 2 rings (SSSR count). The van der Waals surface area contributed by atoms with E-state index in [1.54, 1.807) is 7.11 Å². The van der Waals surface area contributed by atoms with E-state index in [9.17, 15) is 5.11 Å². The molecule has 0 unspecified atom stereocenters. The molecule has 1 aromatic rings. The zero-order valence-corrected chi connectivity index (χ0v) is 10.3. The summed E-state index contributed by atoms with van der Waals surface area (Å²) in [5, 5.41) is 10.3. The molecule has 82 valence electrons. The maximum absolute atomic E-state index is 10.3. The van der Waals surface area contributed by atoms with Gasteiger partial charge < -0.3 is 9.84 Å². The van der Waals surface area contributed by atoms with Gasteiger partial charge in [-0.15, -0.1) is 11.7 Å². The molecule has 2 nitrogen and oxygen atoms in total. The van der Waals surface area contributed by atoms with Gasteiger partial charge in [-0.05, 0) is 31.4 Å². The Morgan fingerprint density at radius 3 is 2.67 bits per heavy atom. The minimum absolute atomic E-state index is 0.662. The number of ether oxygens (including phenoxy) is 1. The van der Waals surface area contributed by atoms with E-state index < -0.39 is 5.60 Å². The molecule has 0 spiro atoms. The van der Waals surface area contributed by atoms with Gasteiger partial charge in [0, 0.05) is 10.5 Å². The highest BCUT2D eigenvalue weighted by Crippen LogP contribution is 2.45. The summed E-state index contributed by atoms with van der Waals surface area (Å²) in [7, 11) is 3.01. The van der Waals surface area contributed by atoms with Crippen LogP contribution in [0.5, 0.6) is 5.75 Å². The smallest absolute Gasteiger partial charge is 0.126 e. The summed E-state index contributed by atoms with van der Waals surface area (Å²) in [6.07, 6.45) is 2.75. The predicted octanol–water partition coefficient (Wildman–Crippen LogP) is 3.00. The minimum atomic E-state index is -0.662. The van der Waals surface area contributed by atoms with Gasteiger partial charge in [-0.25, -0.2) is 0 Å². The Kier molecular flexibility index (Phi) is 3.19. The van der Waals surface area contributed by atoms with Gasteiger partial charge in [-0.3, -0.25) is 0 Å². The average Bonchev–Trinajstić information content (AvgIpc) is 2.25. The van der Waals surface area contributed by atoms with Gasteiger partial charge in [0.15, 0.2) is 0 Å². The van der Waals surface area contributed by atoms with Crippen LogP contribution in [0, 0.1) is 0 Å². The molecule has 1 N–H and O–H groups in total. The fourth-order valence-corrected chi connectivity index (χ4v) is 2.52. The Morgan fingerprint density at radius 1 is 1.47 bits per heavy atom. The lowest BCUT2D eigenvalue weighted by atomic mass is 9.75. The van der Waals surface area contributed by atoms with Crippen molar-refractivity contribution in [3.8, 4) is 5.75 Å². The van der Waals surface area contributed by atoms with E-state index in [1.165, 1.54) is 10.8 Å². The molecule has 1 aliphatic rings. The summed E-state index contributed by atoms with van der Waals surface area (Å²) in [6, 6.07) is 5.83. The molecule has 0 heterocycles. The SMILES string of the molecule is COc1cc(SS)ccc1C1(O)CCC1. The molecule has 0 atom stereocenters. The van der Waals surface area contributed by atoms with E-state index >= 15 is 0 Å². The molecule has 1 saturated carbocycles. The van der Waals surface area contributed by atoms with Crippen molar-refractivity contribution >= 4 is 22.5 Å². The van der Waals surface area contributed by atoms with E-state index in [4.69, 9.17) is 4.74 Å². The first-order valence-electron chi connectivity index (χ1n) is 4.92. The number of hydrogen-bond donors (Lipinski definition) is 2. The number of methoxy groups -OCH3 is 1. The molecule has 4 heteroatoms. The summed E-state index contributed by atoms with van der Waals surface area (Å²) in [5.74, 6) is 0.760. The molecule has 0 aliphatic heterocycles. The van der Waals surface area contributed by atoms with E-state index in [1.807, 2.05) is 18.2 Å². The van der Waals surface area contributed by atoms with Crippen molar-refractivity contribution < 1.29 is 9.84 Å². The van der Waals surface area contributed by atoms with Crippen LogP contribution in [-0.2, 0) is 5.60 Å². The Morgan fingerprint density at radius 2 is 2.20 bits per heavy atom. The van der Waals surface area contributed by atoms with Gasteiger partial charge >= 0.3 is 0 Å². The highest BCUT2D eigenvalue weighted by Gasteiger charge is 2.38. The van der Waals surface area contributed by atoms with E-state index in [0.717, 1.165) is 35.5 Å². The van der Waals surface area contributed by atoms with Crippen molar-refractivity contribution in [2.75, 3.05) is 7.11 Å². The van der Waals surface area contributed by atoms with Crippen LogP contribution in [0.3, 0.4) is 0 Å². The Hall–Kier alpha value is -0.320. The molecule has 0 aromatic heterocycles. The maximum atomic E-state index is 10.3. The van der Waals surface area contributed by atoms with Crippen LogP contribution in [0.15, 0.2) is 23.1 Å². The first-order chi connectivity index (χ1) is 7.19. The largest absolute Gasteiger partial charge is 0.496 e. The fourth-order valence-electron chi connectivity index (χ4n) is 1.89. The van der Waals surface area contributed by atoms with Crippen LogP contribution in [0.4, 0.5) is 0 Å². The number of benzene rings is 1. The van der Waals surface area contributed by atoms with Crippen LogP contribution in [0.1, 0.15) is 24.8 Å². The Balaban J connectivity index is 2.38. The topological polar surface area (TPSA) is 29.5 Å². The maximum Gasteiger partial charge on any atom is 0.126 e. The number of aliphatic hydroxyl groups is 1. The van der Waals surface area contributed by atoms with E-state index in [-0.39, 0.29) is 0 Å². The summed E-state index contributed by atoms with van der Waals surface area (Å²) >= 11 is 4.14. The third-order valence-electron chi connectivity index (χ3n) is 2.96. The molecule has 0 radical (unpaired) electrons. The van der Waals surface area contributed by atoms with Crippen molar-refractivity contribution in [1.29, 1.82) is 0 Å². The average molecular weight is 242 g/mol. The lowest BCUT2D eigenvalue weighted by molar-refractivity contribution is -0.0405. The van der Waals surface area contributed by atoms with Crippen molar-refractivity contribution in [1.82, 2.24) is 0 Å². The molecule has 1 fully saturated rings. The van der Waals surface area contributed by atoms with Crippen molar-refractivity contribution in [2.24, 2.45) is 0 Å². The molecule has 0 bridgehead atoms. The third kappa shape index (κ3) is 1.98. The number of rotatable bonds is 3. The van der Waals surface area contributed by atoms with Crippen LogP contribution in [0.25, 0.3) is 0 Å². The van der Waals surface area contributed by atoms with Crippen LogP contribution in [0.2, 0.25) is 0 Å². The Labute approximate surface area is 98.8 Å². The molecule has 1 aliphatic carbocycles. The van der Waals surface area contributed by atoms with Gasteiger partial charge in [-0.2, -0.15) is 0 Å². The number of hydrogen-bond acceptors (Lipinski definition) is 4. The second-order valence-corrected chi connectivity index (χ2v) is 5.04. The van der Waals surface area contributed by atoms with Gasteiger partial charge in [0.2, 0.25) is 0 Å². The second-order valence-electron chi connectivity index (χ2n) is 3.84. The first-order valence-corrected chi connectivity index (χ1v) is 6.79. The number of thiol groups is 1. The monoisotopic (exact) mass is 242 g/mol. The van der Waals surface area contributed by atoms with Gasteiger partial charge in [-0.1, -0.05) is 16.9 Å².